The van der Waals surface area contributed by atoms with Gasteiger partial charge in [0.05, 0.1) is 25.0 Å². The molecule has 3 N–H and O–H groups in total. The molecule has 1 aliphatic rings. The fourth-order valence-electron chi connectivity index (χ4n) is 4.42. The third kappa shape index (κ3) is 4.01. The summed E-state index contributed by atoms with van der Waals surface area (Å²) < 4.78 is 5.03. The SMILES string of the molecule is COC(=O)c1c(-c2cccc(CO)c2)[nH]c2cc(NC(=O)C3CC3c3ccccc3)ccc12. The summed E-state index contributed by atoms with van der Waals surface area (Å²) in [5.41, 5.74) is 5.12. The number of aromatic amines is 1. The zero-order valence-electron chi connectivity index (χ0n) is 18.2. The number of esters is 1. The zero-order valence-corrected chi connectivity index (χ0v) is 18.2. The van der Waals surface area contributed by atoms with Gasteiger partial charge in [0.25, 0.3) is 0 Å². The fourth-order valence-corrected chi connectivity index (χ4v) is 4.42. The van der Waals surface area contributed by atoms with E-state index in [0.717, 1.165) is 17.5 Å². The van der Waals surface area contributed by atoms with Crippen molar-refractivity contribution in [3.8, 4) is 11.3 Å². The molecule has 0 bridgehead atoms. The van der Waals surface area contributed by atoms with Crippen molar-refractivity contribution in [2.75, 3.05) is 12.4 Å². The van der Waals surface area contributed by atoms with E-state index in [0.29, 0.717) is 27.8 Å². The maximum absolute atomic E-state index is 12.8. The van der Waals surface area contributed by atoms with E-state index < -0.39 is 5.97 Å². The van der Waals surface area contributed by atoms with Crippen molar-refractivity contribution in [2.45, 2.75) is 18.9 Å². The number of amides is 1. The summed E-state index contributed by atoms with van der Waals surface area (Å²) in [6, 6.07) is 22.9. The molecule has 2 unspecified atom stereocenters. The predicted molar refractivity (Wildman–Crippen MR) is 127 cm³/mol. The van der Waals surface area contributed by atoms with E-state index in [2.05, 4.69) is 22.4 Å². The molecule has 4 aromatic rings. The first-order valence-electron chi connectivity index (χ1n) is 10.9. The van der Waals surface area contributed by atoms with Crippen LogP contribution in [0.15, 0.2) is 72.8 Å². The lowest BCUT2D eigenvalue weighted by molar-refractivity contribution is -0.117. The monoisotopic (exact) mass is 440 g/mol. The summed E-state index contributed by atoms with van der Waals surface area (Å²) in [5.74, 6) is -0.226. The third-order valence-corrected chi connectivity index (χ3v) is 6.21. The molecular formula is C27H24N2O4. The second-order valence-electron chi connectivity index (χ2n) is 8.33. The fraction of sp³-hybridized carbons (Fsp3) is 0.185. The third-order valence-electron chi connectivity index (χ3n) is 6.21. The van der Waals surface area contributed by atoms with Crippen LogP contribution >= 0.6 is 0 Å². The van der Waals surface area contributed by atoms with Gasteiger partial charge in [0.1, 0.15) is 0 Å². The number of methoxy groups -OCH3 is 1. The maximum atomic E-state index is 12.8. The molecule has 0 spiro atoms. The minimum Gasteiger partial charge on any atom is -0.465 e. The van der Waals surface area contributed by atoms with E-state index in [1.54, 1.807) is 6.07 Å². The number of ether oxygens (including phenoxy) is 1. The second kappa shape index (κ2) is 8.56. The second-order valence-corrected chi connectivity index (χ2v) is 8.33. The molecular weight excluding hydrogens is 416 g/mol. The number of anilines is 1. The molecule has 1 fully saturated rings. The molecule has 0 radical (unpaired) electrons. The number of fused-ring (bicyclic) bond motifs is 1. The van der Waals surface area contributed by atoms with Crippen molar-refractivity contribution >= 4 is 28.5 Å². The molecule has 2 atom stereocenters. The van der Waals surface area contributed by atoms with Crippen molar-refractivity contribution < 1.29 is 19.4 Å². The molecule has 0 aliphatic heterocycles. The molecule has 166 valence electrons. The highest BCUT2D eigenvalue weighted by Crippen LogP contribution is 2.48. The minimum atomic E-state index is -0.453. The van der Waals surface area contributed by atoms with E-state index in [-0.39, 0.29) is 24.3 Å². The molecule has 5 rings (SSSR count). The first kappa shape index (κ1) is 21.0. The number of carbonyl (C=O) groups excluding carboxylic acids is 2. The average Bonchev–Trinajstić information content (AvgIpc) is 3.58. The van der Waals surface area contributed by atoms with Gasteiger partial charge in [0, 0.05) is 22.5 Å². The van der Waals surface area contributed by atoms with Crippen LogP contribution in [0.5, 0.6) is 0 Å². The Labute approximate surface area is 191 Å². The van der Waals surface area contributed by atoms with Crippen LogP contribution in [0.25, 0.3) is 22.2 Å². The van der Waals surface area contributed by atoms with E-state index >= 15 is 0 Å². The highest BCUT2D eigenvalue weighted by Gasteiger charge is 2.43. The number of nitrogens with one attached hydrogen (secondary N) is 2. The predicted octanol–water partition coefficient (Wildman–Crippen LogP) is 4.86. The molecule has 33 heavy (non-hydrogen) atoms. The van der Waals surface area contributed by atoms with Gasteiger partial charge >= 0.3 is 5.97 Å². The Balaban J connectivity index is 1.44. The number of H-pyrrole nitrogens is 1. The molecule has 1 amide bonds. The first-order valence-corrected chi connectivity index (χ1v) is 10.9. The Kier molecular flexibility index (Phi) is 5.44. The standard InChI is InChI=1S/C27H24N2O4/c1-33-27(32)24-20-11-10-19(28-26(31)22-14-21(22)17-7-3-2-4-8-17)13-23(20)29-25(24)18-9-5-6-16(12-18)15-30/h2-13,21-22,29-30H,14-15H2,1H3,(H,28,31). The summed E-state index contributed by atoms with van der Waals surface area (Å²) in [4.78, 5) is 28.7. The number of rotatable bonds is 6. The van der Waals surface area contributed by atoms with Crippen molar-refractivity contribution in [2.24, 2.45) is 5.92 Å². The van der Waals surface area contributed by atoms with Gasteiger partial charge in [-0.05, 0) is 53.3 Å². The summed E-state index contributed by atoms with van der Waals surface area (Å²) in [7, 11) is 1.35. The van der Waals surface area contributed by atoms with Crippen molar-refractivity contribution in [3.05, 3.63) is 89.5 Å². The first-order chi connectivity index (χ1) is 16.1. The van der Waals surface area contributed by atoms with E-state index in [4.69, 9.17) is 4.74 Å². The molecule has 6 heteroatoms. The largest absolute Gasteiger partial charge is 0.465 e. The molecule has 3 aromatic carbocycles. The number of carbonyl (C=O) groups is 2. The van der Waals surface area contributed by atoms with E-state index in [1.807, 2.05) is 54.6 Å². The van der Waals surface area contributed by atoms with Crippen molar-refractivity contribution in [3.63, 3.8) is 0 Å². The highest BCUT2D eigenvalue weighted by molar-refractivity contribution is 6.11. The number of hydrogen-bond donors (Lipinski definition) is 3. The highest BCUT2D eigenvalue weighted by atomic mass is 16.5. The van der Waals surface area contributed by atoms with Crippen LogP contribution in [0, 0.1) is 5.92 Å². The number of hydrogen-bond acceptors (Lipinski definition) is 4. The smallest absolute Gasteiger partial charge is 0.340 e. The summed E-state index contributed by atoms with van der Waals surface area (Å²) in [5, 5.41) is 13.2. The Morgan fingerprint density at radius 3 is 2.64 bits per heavy atom. The van der Waals surface area contributed by atoms with Crippen LogP contribution in [0.4, 0.5) is 5.69 Å². The molecule has 1 saturated carbocycles. The zero-order chi connectivity index (χ0) is 22.9. The lowest BCUT2D eigenvalue weighted by atomic mass is 10.0. The van der Waals surface area contributed by atoms with E-state index in [1.165, 1.54) is 12.7 Å². The van der Waals surface area contributed by atoms with Gasteiger partial charge in [-0.15, -0.1) is 0 Å². The Morgan fingerprint density at radius 2 is 1.88 bits per heavy atom. The van der Waals surface area contributed by atoms with Gasteiger partial charge in [0.15, 0.2) is 0 Å². The summed E-state index contributed by atoms with van der Waals surface area (Å²) in [6.07, 6.45) is 0.846. The van der Waals surface area contributed by atoms with E-state index in [9.17, 15) is 14.7 Å². The van der Waals surface area contributed by atoms with Gasteiger partial charge in [-0.2, -0.15) is 0 Å². The van der Waals surface area contributed by atoms with Gasteiger partial charge in [-0.25, -0.2) is 4.79 Å². The van der Waals surface area contributed by atoms with Crippen LogP contribution in [0.3, 0.4) is 0 Å². The van der Waals surface area contributed by atoms with Gasteiger partial charge < -0.3 is 20.1 Å². The number of aliphatic hydroxyl groups is 1. The lowest BCUT2D eigenvalue weighted by Crippen LogP contribution is -2.14. The quantitative estimate of drug-likeness (QED) is 0.374. The number of benzene rings is 3. The molecule has 6 nitrogen and oxygen atoms in total. The topological polar surface area (TPSA) is 91.4 Å². The van der Waals surface area contributed by atoms with Gasteiger partial charge in [-0.1, -0.05) is 48.5 Å². The van der Waals surface area contributed by atoms with Gasteiger partial charge in [-0.3, -0.25) is 4.79 Å². The lowest BCUT2D eigenvalue weighted by Gasteiger charge is -2.06. The normalized spacial score (nSPS) is 17.0. The minimum absolute atomic E-state index is 0.00109. The van der Waals surface area contributed by atoms with Crippen LogP contribution in [-0.4, -0.2) is 29.1 Å². The average molecular weight is 440 g/mol. The van der Waals surface area contributed by atoms with Crippen molar-refractivity contribution in [1.29, 1.82) is 0 Å². The van der Waals surface area contributed by atoms with Crippen molar-refractivity contribution in [1.82, 2.24) is 4.98 Å². The van der Waals surface area contributed by atoms with Crippen LogP contribution < -0.4 is 5.32 Å². The summed E-state index contributed by atoms with van der Waals surface area (Å²) >= 11 is 0. The molecule has 1 aliphatic carbocycles. The summed E-state index contributed by atoms with van der Waals surface area (Å²) in [6.45, 7) is -0.0943. The van der Waals surface area contributed by atoms with Crippen LogP contribution in [0.2, 0.25) is 0 Å². The van der Waals surface area contributed by atoms with Crippen LogP contribution in [-0.2, 0) is 16.1 Å². The molecule has 1 aromatic heterocycles. The molecule has 1 heterocycles. The Bertz CT molecular complexity index is 1340. The Hall–Kier alpha value is -3.90. The Morgan fingerprint density at radius 1 is 1.06 bits per heavy atom. The number of aromatic nitrogens is 1. The number of aliphatic hydroxyl groups excluding tert-OH is 1. The molecule has 0 saturated heterocycles. The van der Waals surface area contributed by atoms with Gasteiger partial charge in [0.2, 0.25) is 5.91 Å². The van der Waals surface area contributed by atoms with Crippen LogP contribution in [0.1, 0.15) is 33.8 Å². The maximum Gasteiger partial charge on any atom is 0.340 e.